The number of carboxylic acids is 1. The quantitative estimate of drug-likeness (QED) is 0.874. The fraction of sp³-hybridized carbons (Fsp3) is 0.500. The number of carboxylic acid groups (broad SMARTS) is 1. The molecule has 1 aromatic rings. The van der Waals surface area contributed by atoms with Gasteiger partial charge >= 0.3 is 5.97 Å². The highest BCUT2D eigenvalue weighted by Gasteiger charge is 2.54. The molecule has 6 heteroatoms. The lowest BCUT2D eigenvalue weighted by Gasteiger charge is -2.16. The van der Waals surface area contributed by atoms with Crippen molar-refractivity contribution >= 4 is 33.2 Å². The van der Waals surface area contributed by atoms with Crippen LogP contribution < -0.4 is 5.73 Å². The number of halogens is 1. The molecule has 1 fully saturated rings. The molecular weight excluding hydrogens is 268 g/mol. The molecule has 1 heterocycles. The molecule has 0 saturated heterocycles. The fourth-order valence-corrected chi connectivity index (χ4v) is 3.07. The SMILES string of the molecule is NC(C(=O)O)C1(c2nc(Br)cs2)CC1. The number of nitrogens with zero attached hydrogens (tertiary/aromatic N) is 1. The summed E-state index contributed by atoms with van der Waals surface area (Å²) < 4.78 is 0.751. The predicted molar refractivity (Wildman–Crippen MR) is 56.3 cm³/mol. The molecule has 0 amide bonds. The summed E-state index contributed by atoms with van der Waals surface area (Å²) in [6.07, 6.45) is 1.64. The summed E-state index contributed by atoms with van der Waals surface area (Å²) in [6, 6.07) is -0.833. The van der Waals surface area contributed by atoms with Gasteiger partial charge in [0.15, 0.2) is 0 Å². The molecule has 0 bridgehead atoms. The zero-order valence-corrected chi connectivity index (χ0v) is 9.64. The standard InChI is InChI=1S/C8H9BrN2O2S/c9-4-3-14-7(11-4)8(1-2-8)5(10)6(12)13/h3,5H,1-2,10H2,(H,12,13). The van der Waals surface area contributed by atoms with Gasteiger partial charge in [-0.15, -0.1) is 11.3 Å². The second-order valence-corrected chi connectivity index (χ2v) is 5.12. The lowest BCUT2D eigenvalue weighted by molar-refractivity contribution is -0.139. The van der Waals surface area contributed by atoms with E-state index in [1.165, 1.54) is 11.3 Å². The highest BCUT2D eigenvalue weighted by molar-refractivity contribution is 9.10. The zero-order valence-electron chi connectivity index (χ0n) is 7.24. The summed E-state index contributed by atoms with van der Waals surface area (Å²) in [5.74, 6) is -0.950. The Morgan fingerprint density at radius 1 is 1.79 bits per heavy atom. The van der Waals surface area contributed by atoms with Gasteiger partial charge in [-0.25, -0.2) is 4.98 Å². The Kier molecular flexibility index (Phi) is 2.36. The molecule has 76 valence electrons. The minimum atomic E-state index is -0.950. The number of rotatable bonds is 3. The molecule has 1 atom stereocenters. The van der Waals surface area contributed by atoms with E-state index in [9.17, 15) is 4.79 Å². The molecule has 3 N–H and O–H groups in total. The van der Waals surface area contributed by atoms with Gasteiger partial charge in [-0.1, -0.05) is 0 Å². The monoisotopic (exact) mass is 276 g/mol. The van der Waals surface area contributed by atoms with Gasteiger partial charge in [0.25, 0.3) is 0 Å². The molecule has 0 aromatic carbocycles. The van der Waals surface area contributed by atoms with E-state index in [0.717, 1.165) is 22.5 Å². The molecule has 2 rings (SSSR count). The van der Waals surface area contributed by atoms with Crippen LogP contribution >= 0.6 is 27.3 Å². The average Bonchev–Trinajstić information content (AvgIpc) is 2.83. The van der Waals surface area contributed by atoms with Gasteiger partial charge in [0, 0.05) is 10.8 Å². The first-order valence-corrected chi connectivity index (χ1v) is 5.83. The Bertz CT molecular complexity index is 375. The van der Waals surface area contributed by atoms with Gasteiger partial charge in [-0.3, -0.25) is 4.79 Å². The van der Waals surface area contributed by atoms with Crippen LogP contribution in [0, 0.1) is 0 Å². The van der Waals surface area contributed by atoms with Crippen LogP contribution in [0.5, 0.6) is 0 Å². The molecular formula is C8H9BrN2O2S. The summed E-state index contributed by atoms with van der Waals surface area (Å²) in [4.78, 5) is 15.0. The maximum atomic E-state index is 10.8. The lowest BCUT2D eigenvalue weighted by Crippen LogP contribution is -2.41. The Labute approximate surface area is 93.3 Å². The minimum absolute atomic E-state index is 0.400. The molecule has 0 radical (unpaired) electrons. The third-order valence-electron chi connectivity index (χ3n) is 2.55. The maximum Gasteiger partial charge on any atom is 0.321 e. The average molecular weight is 277 g/mol. The van der Waals surface area contributed by atoms with Gasteiger partial charge in [-0.2, -0.15) is 0 Å². The molecule has 1 aromatic heterocycles. The van der Waals surface area contributed by atoms with Crippen molar-refractivity contribution in [3.63, 3.8) is 0 Å². The van der Waals surface area contributed by atoms with E-state index >= 15 is 0 Å². The molecule has 0 aliphatic heterocycles. The number of carbonyl (C=O) groups is 1. The molecule has 1 unspecified atom stereocenters. The van der Waals surface area contributed by atoms with E-state index in [1.54, 1.807) is 0 Å². The van der Waals surface area contributed by atoms with Crippen LogP contribution in [0.1, 0.15) is 17.8 Å². The van der Waals surface area contributed by atoms with Crippen LogP contribution in [0.15, 0.2) is 9.98 Å². The van der Waals surface area contributed by atoms with E-state index < -0.39 is 17.4 Å². The van der Waals surface area contributed by atoms with Crippen LogP contribution in [0.25, 0.3) is 0 Å². The first kappa shape index (κ1) is 10.1. The van der Waals surface area contributed by atoms with E-state index in [1.807, 2.05) is 5.38 Å². The van der Waals surface area contributed by atoms with Crippen LogP contribution in [0.4, 0.5) is 0 Å². The topological polar surface area (TPSA) is 76.2 Å². The van der Waals surface area contributed by atoms with E-state index in [4.69, 9.17) is 10.8 Å². The van der Waals surface area contributed by atoms with E-state index in [0.29, 0.717) is 0 Å². The summed E-state index contributed by atoms with van der Waals surface area (Å²) in [5, 5.41) is 11.5. The number of aliphatic carboxylic acids is 1. The minimum Gasteiger partial charge on any atom is -0.480 e. The predicted octanol–water partition coefficient (Wildman–Crippen LogP) is 1.35. The third kappa shape index (κ3) is 1.47. The van der Waals surface area contributed by atoms with Crippen molar-refractivity contribution in [2.45, 2.75) is 24.3 Å². The summed E-state index contributed by atoms with van der Waals surface area (Å²) in [7, 11) is 0. The Hall–Kier alpha value is -0.460. The Morgan fingerprint density at radius 2 is 2.43 bits per heavy atom. The van der Waals surface area contributed by atoms with Crippen molar-refractivity contribution in [2.24, 2.45) is 5.73 Å². The van der Waals surface area contributed by atoms with Crippen LogP contribution in [-0.2, 0) is 10.2 Å². The largest absolute Gasteiger partial charge is 0.480 e. The Morgan fingerprint density at radius 3 is 2.79 bits per heavy atom. The second kappa shape index (κ2) is 3.29. The first-order valence-electron chi connectivity index (χ1n) is 4.16. The molecule has 0 spiro atoms. The lowest BCUT2D eigenvalue weighted by atomic mass is 9.98. The first-order chi connectivity index (χ1) is 6.56. The van der Waals surface area contributed by atoms with Crippen molar-refractivity contribution in [3.05, 3.63) is 15.0 Å². The smallest absolute Gasteiger partial charge is 0.321 e. The Balaban J connectivity index is 2.29. The number of hydrogen-bond donors (Lipinski definition) is 2. The number of hydrogen-bond acceptors (Lipinski definition) is 4. The van der Waals surface area contributed by atoms with Gasteiger partial charge < -0.3 is 10.8 Å². The molecule has 1 aliphatic rings. The maximum absolute atomic E-state index is 10.8. The van der Waals surface area contributed by atoms with Crippen LogP contribution in [-0.4, -0.2) is 22.1 Å². The van der Waals surface area contributed by atoms with Gasteiger partial charge in [0.2, 0.25) is 0 Å². The zero-order chi connectivity index (χ0) is 10.3. The number of thiazole rings is 1. The highest BCUT2D eigenvalue weighted by atomic mass is 79.9. The van der Waals surface area contributed by atoms with Crippen molar-refractivity contribution in [3.8, 4) is 0 Å². The summed E-state index contributed by atoms with van der Waals surface area (Å²) in [6.45, 7) is 0. The normalized spacial score (nSPS) is 20.4. The molecule has 1 aliphatic carbocycles. The van der Waals surface area contributed by atoms with Crippen LogP contribution in [0.2, 0.25) is 0 Å². The molecule has 14 heavy (non-hydrogen) atoms. The summed E-state index contributed by atoms with van der Waals surface area (Å²) in [5.41, 5.74) is 5.25. The van der Waals surface area contributed by atoms with Crippen molar-refractivity contribution < 1.29 is 9.90 Å². The van der Waals surface area contributed by atoms with Crippen molar-refractivity contribution in [1.29, 1.82) is 0 Å². The van der Waals surface area contributed by atoms with E-state index in [-0.39, 0.29) is 0 Å². The summed E-state index contributed by atoms with van der Waals surface area (Å²) >= 11 is 4.71. The van der Waals surface area contributed by atoms with E-state index in [2.05, 4.69) is 20.9 Å². The third-order valence-corrected chi connectivity index (χ3v) is 4.32. The highest BCUT2D eigenvalue weighted by Crippen LogP contribution is 2.51. The molecule has 1 saturated carbocycles. The van der Waals surface area contributed by atoms with Crippen molar-refractivity contribution in [1.82, 2.24) is 4.98 Å². The second-order valence-electron chi connectivity index (χ2n) is 3.45. The fourth-order valence-electron chi connectivity index (χ4n) is 1.51. The van der Waals surface area contributed by atoms with Gasteiger partial charge in [0.05, 0.1) is 0 Å². The van der Waals surface area contributed by atoms with Crippen LogP contribution in [0.3, 0.4) is 0 Å². The number of nitrogens with two attached hydrogens (primary N) is 1. The number of aromatic nitrogens is 1. The molecule has 4 nitrogen and oxygen atoms in total. The van der Waals surface area contributed by atoms with Gasteiger partial charge in [-0.05, 0) is 28.8 Å². The van der Waals surface area contributed by atoms with Gasteiger partial charge in [0.1, 0.15) is 15.7 Å². The van der Waals surface area contributed by atoms with Crippen molar-refractivity contribution in [2.75, 3.05) is 0 Å².